The van der Waals surface area contributed by atoms with E-state index in [4.69, 9.17) is 4.74 Å². The van der Waals surface area contributed by atoms with Gasteiger partial charge in [-0.3, -0.25) is 0 Å². The van der Waals surface area contributed by atoms with Gasteiger partial charge >= 0.3 is 12.0 Å². The van der Waals surface area contributed by atoms with Gasteiger partial charge in [0.2, 0.25) is 0 Å². The molecule has 1 heterocycles. The van der Waals surface area contributed by atoms with Crippen molar-refractivity contribution in [2.75, 3.05) is 43.0 Å². The van der Waals surface area contributed by atoms with Crippen LogP contribution in [0, 0.1) is 13.8 Å². The van der Waals surface area contributed by atoms with E-state index >= 15 is 0 Å². The lowest BCUT2D eigenvalue weighted by molar-refractivity contribution is 0.0527. The summed E-state index contributed by atoms with van der Waals surface area (Å²) in [5.41, 5.74) is 4.50. The maximum atomic E-state index is 12.7. The highest BCUT2D eigenvalue weighted by atomic mass is 16.5. The molecule has 148 valence electrons. The lowest BCUT2D eigenvalue weighted by Gasteiger charge is -2.36. The van der Waals surface area contributed by atoms with Crippen molar-refractivity contribution in [1.29, 1.82) is 0 Å². The van der Waals surface area contributed by atoms with Crippen LogP contribution in [0.3, 0.4) is 0 Å². The summed E-state index contributed by atoms with van der Waals surface area (Å²) in [5.74, 6) is -0.312. The number of carbonyl (C=O) groups is 2. The number of anilines is 2. The van der Waals surface area contributed by atoms with Crippen LogP contribution in [0.1, 0.15) is 28.4 Å². The number of amides is 2. The number of hydrogen-bond donors (Lipinski definition) is 1. The van der Waals surface area contributed by atoms with Crippen LogP contribution in [0.2, 0.25) is 0 Å². The lowest BCUT2D eigenvalue weighted by atomic mass is 10.1. The van der Waals surface area contributed by atoms with Gasteiger partial charge in [0.25, 0.3) is 0 Å². The second-order valence-electron chi connectivity index (χ2n) is 6.89. The Hall–Kier alpha value is -3.02. The zero-order valence-electron chi connectivity index (χ0n) is 16.7. The minimum atomic E-state index is -0.312. The molecule has 1 aliphatic heterocycles. The zero-order chi connectivity index (χ0) is 20.1. The molecule has 0 atom stereocenters. The number of urea groups is 1. The zero-order valence-corrected chi connectivity index (χ0v) is 16.7. The Morgan fingerprint density at radius 1 is 1.00 bits per heavy atom. The Morgan fingerprint density at radius 2 is 1.71 bits per heavy atom. The summed E-state index contributed by atoms with van der Waals surface area (Å²) < 4.78 is 5.17. The molecule has 2 aromatic rings. The fourth-order valence-electron chi connectivity index (χ4n) is 3.36. The first-order valence-corrected chi connectivity index (χ1v) is 9.64. The van der Waals surface area contributed by atoms with Crippen LogP contribution in [0.25, 0.3) is 0 Å². The lowest BCUT2D eigenvalue weighted by Crippen LogP contribution is -2.50. The number of hydrogen-bond acceptors (Lipinski definition) is 4. The third-order valence-electron chi connectivity index (χ3n) is 5.15. The summed E-state index contributed by atoms with van der Waals surface area (Å²) in [6, 6.07) is 13.3. The maximum absolute atomic E-state index is 12.7. The van der Waals surface area contributed by atoms with Crippen LogP contribution < -0.4 is 10.2 Å². The van der Waals surface area contributed by atoms with Crippen LogP contribution >= 0.6 is 0 Å². The Balaban J connectivity index is 1.64. The first-order chi connectivity index (χ1) is 13.5. The second kappa shape index (κ2) is 8.78. The number of benzene rings is 2. The Bertz CT molecular complexity index is 858. The predicted molar refractivity (Wildman–Crippen MR) is 111 cm³/mol. The van der Waals surface area contributed by atoms with Gasteiger partial charge in [-0.05, 0) is 50.1 Å². The van der Waals surface area contributed by atoms with Crippen molar-refractivity contribution in [1.82, 2.24) is 4.90 Å². The maximum Gasteiger partial charge on any atom is 0.340 e. The van der Waals surface area contributed by atoms with Gasteiger partial charge in [0.05, 0.1) is 17.9 Å². The SMILES string of the molecule is CCOC(=O)c1ccccc1N1CCN(C(=O)Nc2cccc(C)c2C)CC1. The molecular formula is C22H27N3O3. The third-order valence-corrected chi connectivity index (χ3v) is 5.15. The van der Waals surface area contributed by atoms with Crippen LogP contribution in [-0.2, 0) is 4.74 Å². The molecule has 6 nitrogen and oxygen atoms in total. The van der Waals surface area contributed by atoms with E-state index in [9.17, 15) is 9.59 Å². The van der Waals surface area contributed by atoms with E-state index in [2.05, 4.69) is 10.2 Å². The van der Waals surface area contributed by atoms with Gasteiger partial charge < -0.3 is 19.9 Å². The van der Waals surface area contributed by atoms with Gasteiger partial charge in [0.1, 0.15) is 0 Å². The monoisotopic (exact) mass is 381 g/mol. The molecular weight excluding hydrogens is 354 g/mol. The number of para-hydroxylation sites is 1. The van der Waals surface area contributed by atoms with Gasteiger partial charge in [-0.1, -0.05) is 24.3 Å². The van der Waals surface area contributed by atoms with Crippen molar-refractivity contribution in [3.8, 4) is 0 Å². The standard InChI is InChI=1S/C22H27N3O3/c1-4-28-21(26)18-9-5-6-11-20(18)24-12-14-25(15-13-24)22(27)23-19-10-7-8-16(2)17(19)3/h5-11H,4,12-15H2,1-3H3,(H,23,27). The summed E-state index contributed by atoms with van der Waals surface area (Å²) in [4.78, 5) is 28.8. The number of nitrogens with zero attached hydrogens (tertiary/aromatic N) is 2. The van der Waals surface area contributed by atoms with Crippen LogP contribution in [0.15, 0.2) is 42.5 Å². The van der Waals surface area contributed by atoms with Crippen molar-refractivity contribution < 1.29 is 14.3 Å². The van der Waals surface area contributed by atoms with Crippen LogP contribution in [-0.4, -0.2) is 49.7 Å². The molecule has 0 radical (unpaired) electrons. The molecule has 1 N–H and O–H groups in total. The molecule has 0 aliphatic carbocycles. The summed E-state index contributed by atoms with van der Waals surface area (Å²) in [6.45, 7) is 8.70. The van der Waals surface area contributed by atoms with Gasteiger partial charge in [0.15, 0.2) is 0 Å². The summed E-state index contributed by atoms with van der Waals surface area (Å²) >= 11 is 0. The van der Waals surface area contributed by atoms with Crippen molar-refractivity contribution in [3.05, 3.63) is 59.2 Å². The summed E-state index contributed by atoms with van der Waals surface area (Å²) in [5, 5.41) is 3.02. The quantitative estimate of drug-likeness (QED) is 0.818. The van der Waals surface area contributed by atoms with Crippen molar-refractivity contribution in [3.63, 3.8) is 0 Å². The largest absolute Gasteiger partial charge is 0.462 e. The van der Waals surface area contributed by atoms with Crippen LogP contribution in [0.5, 0.6) is 0 Å². The number of nitrogens with one attached hydrogen (secondary N) is 1. The highest BCUT2D eigenvalue weighted by molar-refractivity contribution is 5.96. The van der Waals surface area contributed by atoms with Crippen molar-refractivity contribution in [2.24, 2.45) is 0 Å². The molecule has 3 rings (SSSR count). The van der Waals surface area contributed by atoms with Gasteiger partial charge in [0, 0.05) is 31.9 Å². The van der Waals surface area contributed by atoms with Crippen LogP contribution in [0.4, 0.5) is 16.2 Å². The molecule has 28 heavy (non-hydrogen) atoms. The first kappa shape index (κ1) is 19.7. The topological polar surface area (TPSA) is 61.9 Å². The number of esters is 1. The Labute approximate surface area is 166 Å². The fraction of sp³-hybridized carbons (Fsp3) is 0.364. The average Bonchev–Trinajstić information content (AvgIpc) is 2.71. The average molecular weight is 381 g/mol. The highest BCUT2D eigenvalue weighted by Crippen LogP contribution is 2.23. The van der Waals surface area contributed by atoms with Crippen molar-refractivity contribution in [2.45, 2.75) is 20.8 Å². The molecule has 0 spiro atoms. The number of rotatable bonds is 4. The molecule has 0 bridgehead atoms. The number of piperazine rings is 1. The molecule has 0 saturated carbocycles. The molecule has 2 aromatic carbocycles. The van der Waals surface area contributed by atoms with E-state index in [1.54, 1.807) is 13.0 Å². The normalized spacial score (nSPS) is 14.0. The summed E-state index contributed by atoms with van der Waals surface area (Å²) in [6.07, 6.45) is 0. The second-order valence-corrected chi connectivity index (χ2v) is 6.89. The number of carbonyl (C=O) groups excluding carboxylic acids is 2. The summed E-state index contributed by atoms with van der Waals surface area (Å²) in [7, 11) is 0. The predicted octanol–water partition coefficient (Wildman–Crippen LogP) is 3.83. The molecule has 0 aromatic heterocycles. The van der Waals surface area contributed by atoms with Gasteiger partial charge in [-0.2, -0.15) is 0 Å². The molecule has 1 saturated heterocycles. The van der Waals surface area contributed by atoms with E-state index in [1.165, 1.54) is 0 Å². The fourth-order valence-corrected chi connectivity index (χ4v) is 3.36. The minimum absolute atomic E-state index is 0.0907. The van der Waals surface area contributed by atoms with Gasteiger partial charge in [-0.25, -0.2) is 9.59 Å². The third kappa shape index (κ3) is 4.27. The molecule has 0 unspecified atom stereocenters. The number of ether oxygens (including phenoxy) is 1. The first-order valence-electron chi connectivity index (χ1n) is 9.64. The van der Waals surface area contributed by atoms with E-state index in [1.807, 2.05) is 55.1 Å². The van der Waals surface area contributed by atoms with E-state index < -0.39 is 0 Å². The minimum Gasteiger partial charge on any atom is -0.462 e. The molecule has 1 aliphatic rings. The van der Waals surface area contributed by atoms with Crippen molar-refractivity contribution >= 4 is 23.4 Å². The van der Waals surface area contributed by atoms with E-state index in [-0.39, 0.29) is 12.0 Å². The van der Waals surface area contributed by atoms with Gasteiger partial charge in [-0.15, -0.1) is 0 Å². The molecule has 2 amide bonds. The Kier molecular flexibility index (Phi) is 6.19. The molecule has 6 heteroatoms. The van der Waals surface area contributed by atoms with E-state index in [0.717, 1.165) is 22.5 Å². The Morgan fingerprint density at radius 3 is 2.43 bits per heavy atom. The van der Waals surface area contributed by atoms with E-state index in [0.29, 0.717) is 38.3 Å². The smallest absolute Gasteiger partial charge is 0.340 e. The number of aryl methyl sites for hydroxylation is 1. The molecule has 1 fully saturated rings. The highest BCUT2D eigenvalue weighted by Gasteiger charge is 2.24.